The van der Waals surface area contributed by atoms with Crippen LogP contribution in [0.3, 0.4) is 0 Å². The molecule has 128 valence electrons. The van der Waals surface area contributed by atoms with Crippen LogP contribution in [0, 0.1) is 0 Å². The summed E-state index contributed by atoms with van der Waals surface area (Å²) in [6.07, 6.45) is 2.21. The van der Waals surface area contributed by atoms with Gasteiger partial charge in [-0.15, -0.1) is 11.8 Å². The summed E-state index contributed by atoms with van der Waals surface area (Å²) in [5.41, 5.74) is 0. The van der Waals surface area contributed by atoms with Crippen LogP contribution in [0.4, 0.5) is 0 Å². The zero-order chi connectivity index (χ0) is 16.9. The molecule has 0 fully saturated rings. The smallest absolute Gasteiger partial charge is 0.243 e. The van der Waals surface area contributed by atoms with Crippen LogP contribution in [0.15, 0.2) is 40.2 Å². The van der Waals surface area contributed by atoms with Crippen molar-refractivity contribution in [2.75, 3.05) is 39.5 Å². The highest BCUT2D eigenvalue weighted by atomic mass is 32.2. The first-order valence-corrected chi connectivity index (χ1v) is 9.02. The quantitative estimate of drug-likeness (QED) is 0.314. The van der Waals surface area contributed by atoms with Gasteiger partial charge in [0, 0.05) is 37.8 Å². The maximum Gasteiger partial charge on any atom is 0.243 e. The van der Waals surface area contributed by atoms with Crippen molar-refractivity contribution in [3.8, 4) is 0 Å². The zero-order valence-electron chi connectivity index (χ0n) is 14.3. The molecule has 0 aliphatic rings. The van der Waals surface area contributed by atoms with Gasteiger partial charge >= 0.3 is 0 Å². The predicted octanol–water partition coefficient (Wildman–Crippen LogP) is 2.20. The van der Waals surface area contributed by atoms with Gasteiger partial charge in [0.15, 0.2) is 5.96 Å². The van der Waals surface area contributed by atoms with E-state index in [0.717, 1.165) is 31.7 Å². The van der Waals surface area contributed by atoms with Crippen molar-refractivity contribution in [2.45, 2.75) is 24.7 Å². The first kappa shape index (κ1) is 19.4. The van der Waals surface area contributed by atoms with Gasteiger partial charge in [0.05, 0.1) is 0 Å². The van der Waals surface area contributed by atoms with Gasteiger partial charge in [-0.3, -0.25) is 4.79 Å². The minimum Gasteiger partial charge on any atom is -0.356 e. The van der Waals surface area contributed by atoms with E-state index in [1.807, 2.05) is 18.2 Å². The summed E-state index contributed by atoms with van der Waals surface area (Å²) in [4.78, 5) is 18.8. The highest BCUT2D eigenvalue weighted by Crippen LogP contribution is 2.15. The molecule has 5 nitrogen and oxygen atoms in total. The molecule has 0 aromatic heterocycles. The summed E-state index contributed by atoms with van der Waals surface area (Å²) in [7, 11) is 3.48. The zero-order valence-corrected chi connectivity index (χ0v) is 15.2. The Morgan fingerprint density at radius 2 is 1.87 bits per heavy atom. The second kappa shape index (κ2) is 11.8. The minimum atomic E-state index is 0.000233. The van der Waals surface area contributed by atoms with E-state index in [2.05, 4.69) is 34.7 Å². The normalized spacial score (nSPS) is 11.2. The van der Waals surface area contributed by atoms with Gasteiger partial charge in [-0.25, -0.2) is 4.99 Å². The third kappa shape index (κ3) is 9.13. The molecule has 0 spiro atoms. The summed E-state index contributed by atoms with van der Waals surface area (Å²) in [6.45, 7) is 3.98. The molecule has 0 saturated carbocycles. The number of likely N-dealkylation sites (N-methyl/N-ethyl adjacent to an activating group) is 1. The molecule has 1 rings (SSSR count). The van der Waals surface area contributed by atoms with Crippen LogP contribution in [0.25, 0.3) is 0 Å². The lowest BCUT2D eigenvalue weighted by atomic mass is 10.3. The number of hydrogen-bond acceptors (Lipinski definition) is 3. The number of rotatable bonds is 9. The Bertz CT molecular complexity index is 477. The van der Waals surface area contributed by atoms with Crippen molar-refractivity contribution in [1.82, 2.24) is 15.5 Å². The fraction of sp³-hybridized carbons (Fsp3) is 0.529. The van der Waals surface area contributed by atoms with Gasteiger partial charge in [-0.1, -0.05) is 31.5 Å². The van der Waals surface area contributed by atoms with E-state index in [1.165, 1.54) is 4.90 Å². The van der Waals surface area contributed by atoms with Crippen molar-refractivity contribution >= 4 is 23.6 Å². The average Bonchev–Trinajstić information content (AvgIpc) is 2.56. The molecule has 1 aromatic rings. The summed E-state index contributed by atoms with van der Waals surface area (Å²) in [5, 5.41) is 6.56. The van der Waals surface area contributed by atoms with Gasteiger partial charge < -0.3 is 15.5 Å². The van der Waals surface area contributed by atoms with Crippen molar-refractivity contribution < 1.29 is 4.79 Å². The molecule has 6 heteroatoms. The molecule has 0 aliphatic heterocycles. The van der Waals surface area contributed by atoms with Crippen LogP contribution >= 0.6 is 11.8 Å². The highest BCUT2D eigenvalue weighted by Gasteiger charge is 2.04. The Morgan fingerprint density at radius 3 is 2.52 bits per heavy atom. The Balaban J connectivity index is 2.38. The molecular formula is C17H28N4OS. The molecule has 0 atom stereocenters. The van der Waals surface area contributed by atoms with Gasteiger partial charge in [0.25, 0.3) is 0 Å². The van der Waals surface area contributed by atoms with Crippen molar-refractivity contribution in [2.24, 2.45) is 4.99 Å². The molecule has 1 aromatic carbocycles. The Morgan fingerprint density at radius 1 is 1.17 bits per heavy atom. The lowest BCUT2D eigenvalue weighted by Gasteiger charge is -2.13. The molecule has 23 heavy (non-hydrogen) atoms. The van der Waals surface area contributed by atoms with Crippen LogP contribution in [0.5, 0.6) is 0 Å². The molecule has 0 unspecified atom stereocenters. The van der Waals surface area contributed by atoms with E-state index < -0.39 is 0 Å². The number of amides is 1. The number of nitrogens with one attached hydrogen (secondary N) is 2. The standard InChI is InChI=1S/C17H28N4OS/c1-4-5-11-18-17(20-14-16(22)21(2)3)19-12-13-23-15-9-7-6-8-10-15/h6-10H,4-5,11-14H2,1-3H3,(H2,18,19,20). The number of hydrogen-bond donors (Lipinski definition) is 2. The Hall–Kier alpha value is -1.69. The average molecular weight is 337 g/mol. The SMILES string of the molecule is CCCCNC(=NCC(=O)N(C)C)NCCSc1ccccc1. The molecule has 0 aliphatic carbocycles. The summed E-state index contributed by atoms with van der Waals surface area (Å²) < 4.78 is 0. The van der Waals surface area contributed by atoms with Crippen LogP contribution < -0.4 is 10.6 Å². The van der Waals surface area contributed by atoms with Crippen LogP contribution in [-0.2, 0) is 4.79 Å². The van der Waals surface area contributed by atoms with Crippen molar-refractivity contribution in [3.05, 3.63) is 30.3 Å². The summed E-state index contributed by atoms with van der Waals surface area (Å²) in [6, 6.07) is 10.3. The lowest BCUT2D eigenvalue weighted by Crippen LogP contribution is -2.40. The van der Waals surface area contributed by atoms with E-state index in [9.17, 15) is 4.79 Å². The van der Waals surface area contributed by atoms with E-state index in [4.69, 9.17) is 0 Å². The number of carbonyl (C=O) groups excluding carboxylic acids is 1. The number of thioether (sulfide) groups is 1. The van der Waals surface area contributed by atoms with Gasteiger partial charge in [-0.2, -0.15) is 0 Å². The molecule has 0 bridgehead atoms. The molecule has 0 radical (unpaired) electrons. The monoisotopic (exact) mass is 336 g/mol. The largest absolute Gasteiger partial charge is 0.356 e. The fourth-order valence-corrected chi connectivity index (χ4v) is 2.49. The first-order valence-electron chi connectivity index (χ1n) is 8.03. The van der Waals surface area contributed by atoms with E-state index in [-0.39, 0.29) is 12.5 Å². The number of carbonyl (C=O) groups is 1. The lowest BCUT2D eigenvalue weighted by molar-refractivity contribution is -0.127. The number of guanidine groups is 1. The van der Waals surface area contributed by atoms with E-state index >= 15 is 0 Å². The second-order valence-corrected chi connectivity index (χ2v) is 6.49. The summed E-state index contributed by atoms with van der Waals surface area (Å²) >= 11 is 1.80. The first-order chi connectivity index (χ1) is 11.1. The van der Waals surface area contributed by atoms with Crippen molar-refractivity contribution in [3.63, 3.8) is 0 Å². The van der Waals surface area contributed by atoms with Gasteiger partial charge in [-0.05, 0) is 18.6 Å². The van der Waals surface area contributed by atoms with Crippen LogP contribution in [-0.4, -0.2) is 56.2 Å². The number of unbranched alkanes of at least 4 members (excludes halogenated alkanes) is 1. The van der Waals surface area contributed by atoms with Crippen LogP contribution in [0.1, 0.15) is 19.8 Å². The molecule has 2 N–H and O–H groups in total. The maximum atomic E-state index is 11.7. The molecule has 1 amide bonds. The third-order valence-electron chi connectivity index (χ3n) is 3.10. The van der Waals surface area contributed by atoms with Crippen LogP contribution in [0.2, 0.25) is 0 Å². The predicted molar refractivity (Wildman–Crippen MR) is 99.1 cm³/mol. The molecule has 0 saturated heterocycles. The second-order valence-electron chi connectivity index (χ2n) is 5.32. The van der Waals surface area contributed by atoms with Gasteiger partial charge in [0.2, 0.25) is 5.91 Å². The number of aliphatic imine (C=N–C) groups is 1. The molecular weight excluding hydrogens is 308 g/mol. The Labute approximate surface area is 143 Å². The van der Waals surface area contributed by atoms with E-state index in [0.29, 0.717) is 5.96 Å². The van der Waals surface area contributed by atoms with Gasteiger partial charge in [0.1, 0.15) is 6.54 Å². The number of nitrogens with zero attached hydrogens (tertiary/aromatic N) is 2. The Kier molecular flexibility index (Phi) is 9.95. The van der Waals surface area contributed by atoms with Crippen molar-refractivity contribution in [1.29, 1.82) is 0 Å². The minimum absolute atomic E-state index is 0.000233. The topological polar surface area (TPSA) is 56.7 Å². The number of benzene rings is 1. The maximum absolute atomic E-state index is 11.7. The third-order valence-corrected chi connectivity index (χ3v) is 4.11. The summed E-state index contributed by atoms with van der Waals surface area (Å²) in [5.74, 6) is 1.66. The fourth-order valence-electron chi connectivity index (χ4n) is 1.70. The molecule has 0 heterocycles. The van der Waals surface area contributed by atoms with E-state index in [1.54, 1.807) is 30.8 Å². The highest BCUT2D eigenvalue weighted by molar-refractivity contribution is 7.99.